The molecular formula is C26H19BrF4N2O3. The van der Waals surface area contributed by atoms with Gasteiger partial charge in [-0.05, 0) is 66.6 Å². The standard InChI is InChI=1S/C26H19BrF4N2O3/c1-2-35-23-11-17(22(27)13-24(23)36-15-16-5-3-7-20(28)9-16)10-18(14-32)25(34)33-21-8-4-6-19(12-21)26(29,30)31/h3-13H,2,15H2,1H3,(H,33,34)/b18-10-. The number of benzene rings is 3. The van der Waals surface area contributed by atoms with Gasteiger partial charge in [-0.25, -0.2) is 4.39 Å². The van der Waals surface area contributed by atoms with E-state index in [1.165, 1.54) is 24.3 Å². The Morgan fingerprint density at radius 1 is 1.08 bits per heavy atom. The lowest BCUT2D eigenvalue weighted by atomic mass is 10.1. The van der Waals surface area contributed by atoms with Crippen LogP contribution < -0.4 is 14.8 Å². The van der Waals surface area contributed by atoms with Crippen LogP contribution in [0, 0.1) is 17.1 Å². The van der Waals surface area contributed by atoms with Crippen LogP contribution in [0.25, 0.3) is 6.08 Å². The molecule has 0 heterocycles. The van der Waals surface area contributed by atoms with E-state index in [1.807, 2.05) is 0 Å². The summed E-state index contributed by atoms with van der Waals surface area (Å²) in [5, 5.41) is 11.8. The van der Waals surface area contributed by atoms with E-state index in [9.17, 15) is 27.6 Å². The van der Waals surface area contributed by atoms with Crippen LogP contribution in [0.2, 0.25) is 0 Å². The zero-order valence-corrected chi connectivity index (χ0v) is 20.4. The van der Waals surface area contributed by atoms with Crippen molar-refractivity contribution in [3.8, 4) is 17.6 Å². The van der Waals surface area contributed by atoms with E-state index >= 15 is 0 Å². The van der Waals surface area contributed by atoms with E-state index in [2.05, 4.69) is 21.2 Å². The third-order valence-electron chi connectivity index (χ3n) is 4.76. The summed E-state index contributed by atoms with van der Waals surface area (Å²) in [6, 6.07) is 14.9. The largest absolute Gasteiger partial charge is 0.490 e. The molecule has 3 aromatic carbocycles. The molecule has 0 saturated carbocycles. The average molecular weight is 563 g/mol. The minimum Gasteiger partial charge on any atom is -0.490 e. The number of alkyl halides is 3. The number of nitrogens with zero attached hydrogens (tertiary/aromatic N) is 1. The molecule has 0 aliphatic heterocycles. The minimum atomic E-state index is -4.58. The Labute approximate surface area is 213 Å². The number of amides is 1. The average Bonchev–Trinajstić information content (AvgIpc) is 2.83. The lowest BCUT2D eigenvalue weighted by molar-refractivity contribution is -0.137. The molecule has 3 rings (SSSR count). The molecule has 186 valence electrons. The fourth-order valence-corrected chi connectivity index (χ4v) is 3.54. The molecule has 0 fully saturated rings. The molecule has 1 amide bonds. The fraction of sp³-hybridized carbons (Fsp3) is 0.154. The van der Waals surface area contributed by atoms with E-state index in [1.54, 1.807) is 37.3 Å². The highest BCUT2D eigenvalue weighted by atomic mass is 79.9. The summed E-state index contributed by atoms with van der Waals surface area (Å²) in [6.07, 6.45) is -3.31. The quantitative estimate of drug-likeness (QED) is 0.180. The highest BCUT2D eigenvalue weighted by Gasteiger charge is 2.30. The number of ether oxygens (including phenoxy) is 2. The number of rotatable bonds is 8. The van der Waals surface area contributed by atoms with Gasteiger partial charge < -0.3 is 14.8 Å². The Kier molecular flexibility index (Phi) is 8.72. The van der Waals surface area contributed by atoms with Crippen molar-refractivity contribution in [3.63, 3.8) is 0 Å². The lowest BCUT2D eigenvalue weighted by Gasteiger charge is -2.14. The van der Waals surface area contributed by atoms with Gasteiger partial charge in [0.1, 0.15) is 24.1 Å². The number of nitriles is 1. The summed E-state index contributed by atoms with van der Waals surface area (Å²) in [7, 11) is 0. The topological polar surface area (TPSA) is 71.3 Å². The number of nitrogens with one attached hydrogen (secondary N) is 1. The Balaban J connectivity index is 1.85. The summed E-state index contributed by atoms with van der Waals surface area (Å²) in [4.78, 5) is 12.6. The first kappa shape index (κ1) is 26.8. The third kappa shape index (κ3) is 7.09. The van der Waals surface area contributed by atoms with Gasteiger partial charge in [0.25, 0.3) is 5.91 Å². The van der Waals surface area contributed by atoms with Gasteiger partial charge in [0, 0.05) is 10.2 Å². The smallest absolute Gasteiger partial charge is 0.416 e. The molecule has 10 heteroatoms. The Hall–Kier alpha value is -3.84. The number of carbonyl (C=O) groups is 1. The highest BCUT2D eigenvalue weighted by molar-refractivity contribution is 9.10. The Morgan fingerprint density at radius 2 is 1.81 bits per heavy atom. The Morgan fingerprint density at radius 3 is 2.47 bits per heavy atom. The first-order valence-corrected chi connectivity index (χ1v) is 11.3. The van der Waals surface area contributed by atoms with Crippen LogP contribution in [0.4, 0.5) is 23.2 Å². The maximum Gasteiger partial charge on any atom is 0.416 e. The second kappa shape index (κ2) is 11.7. The first-order valence-electron chi connectivity index (χ1n) is 10.5. The fourth-order valence-electron chi connectivity index (χ4n) is 3.11. The van der Waals surface area contributed by atoms with Crippen LogP contribution in [0.1, 0.15) is 23.6 Å². The molecular weight excluding hydrogens is 544 g/mol. The molecule has 0 radical (unpaired) electrons. The van der Waals surface area contributed by atoms with Crippen LogP contribution in [0.5, 0.6) is 11.5 Å². The molecule has 0 spiro atoms. The molecule has 1 N–H and O–H groups in total. The maximum absolute atomic E-state index is 13.4. The molecule has 36 heavy (non-hydrogen) atoms. The van der Waals surface area contributed by atoms with Gasteiger partial charge in [0.2, 0.25) is 0 Å². The van der Waals surface area contributed by atoms with Crippen LogP contribution in [0.15, 0.2) is 70.7 Å². The molecule has 0 saturated heterocycles. The monoisotopic (exact) mass is 562 g/mol. The number of halogens is 5. The van der Waals surface area contributed by atoms with Crippen LogP contribution >= 0.6 is 15.9 Å². The van der Waals surface area contributed by atoms with Gasteiger partial charge in [-0.2, -0.15) is 18.4 Å². The zero-order chi connectivity index (χ0) is 26.3. The van der Waals surface area contributed by atoms with Crippen molar-refractivity contribution in [1.82, 2.24) is 0 Å². The molecule has 3 aromatic rings. The van der Waals surface area contributed by atoms with E-state index in [0.29, 0.717) is 33.7 Å². The van der Waals surface area contributed by atoms with Gasteiger partial charge in [-0.3, -0.25) is 4.79 Å². The molecule has 0 bridgehead atoms. The SMILES string of the molecule is CCOc1cc(/C=C(/C#N)C(=O)Nc2cccc(C(F)(F)F)c2)c(Br)cc1OCc1cccc(F)c1. The van der Waals surface area contributed by atoms with E-state index in [-0.39, 0.29) is 17.9 Å². The molecule has 0 aliphatic carbocycles. The molecule has 0 unspecified atom stereocenters. The number of carbonyl (C=O) groups excluding carboxylic acids is 1. The molecule has 5 nitrogen and oxygen atoms in total. The summed E-state index contributed by atoms with van der Waals surface area (Å²) < 4.78 is 64.1. The highest BCUT2D eigenvalue weighted by Crippen LogP contribution is 2.36. The Bertz CT molecular complexity index is 1330. The van der Waals surface area contributed by atoms with Crippen LogP contribution in [-0.2, 0) is 17.6 Å². The second-order valence-electron chi connectivity index (χ2n) is 7.37. The second-order valence-corrected chi connectivity index (χ2v) is 8.23. The first-order chi connectivity index (χ1) is 17.1. The predicted octanol–water partition coefficient (Wildman–Crippen LogP) is 7.13. The van der Waals surface area contributed by atoms with Crippen molar-refractivity contribution < 1.29 is 31.8 Å². The molecule has 0 atom stereocenters. The van der Waals surface area contributed by atoms with Crippen molar-refractivity contribution in [3.05, 3.63) is 93.2 Å². The van der Waals surface area contributed by atoms with Crippen molar-refractivity contribution in [1.29, 1.82) is 5.26 Å². The van der Waals surface area contributed by atoms with Crippen molar-refractivity contribution >= 4 is 33.6 Å². The van der Waals surface area contributed by atoms with Crippen molar-refractivity contribution in [2.24, 2.45) is 0 Å². The lowest BCUT2D eigenvalue weighted by Crippen LogP contribution is -2.14. The minimum absolute atomic E-state index is 0.0717. The maximum atomic E-state index is 13.4. The summed E-state index contributed by atoms with van der Waals surface area (Å²) in [5.74, 6) is -0.612. The van der Waals surface area contributed by atoms with E-state index in [4.69, 9.17) is 9.47 Å². The van der Waals surface area contributed by atoms with Crippen molar-refractivity contribution in [2.75, 3.05) is 11.9 Å². The van der Waals surface area contributed by atoms with Gasteiger partial charge in [0.05, 0.1) is 12.2 Å². The van der Waals surface area contributed by atoms with E-state index < -0.39 is 23.5 Å². The van der Waals surface area contributed by atoms with E-state index in [0.717, 1.165) is 18.2 Å². The van der Waals surface area contributed by atoms with Gasteiger partial charge in [0.15, 0.2) is 11.5 Å². The van der Waals surface area contributed by atoms with Crippen LogP contribution in [0.3, 0.4) is 0 Å². The van der Waals surface area contributed by atoms with Crippen LogP contribution in [-0.4, -0.2) is 12.5 Å². The summed E-state index contributed by atoms with van der Waals surface area (Å²) >= 11 is 3.37. The third-order valence-corrected chi connectivity index (χ3v) is 5.45. The van der Waals surface area contributed by atoms with Gasteiger partial charge in [-0.15, -0.1) is 0 Å². The summed E-state index contributed by atoms with van der Waals surface area (Å²) in [6.45, 7) is 2.13. The van der Waals surface area contributed by atoms with Gasteiger partial charge >= 0.3 is 6.18 Å². The summed E-state index contributed by atoms with van der Waals surface area (Å²) in [5.41, 5.74) is -0.376. The van der Waals surface area contributed by atoms with Crippen molar-refractivity contribution in [2.45, 2.75) is 19.7 Å². The number of hydrogen-bond donors (Lipinski definition) is 1. The number of anilines is 1. The normalized spacial score (nSPS) is 11.5. The number of hydrogen-bond acceptors (Lipinski definition) is 4. The van der Waals surface area contributed by atoms with Gasteiger partial charge in [-0.1, -0.05) is 34.1 Å². The predicted molar refractivity (Wildman–Crippen MR) is 130 cm³/mol. The zero-order valence-electron chi connectivity index (χ0n) is 18.8. The molecule has 0 aliphatic rings. The molecule has 0 aromatic heterocycles.